The van der Waals surface area contributed by atoms with Crippen molar-refractivity contribution < 1.29 is 14.7 Å². The minimum atomic E-state index is -1.18. The van der Waals surface area contributed by atoms with Crippen LogP contribution in [0.2, 0.25) is 0 Å². The predicted octanol–water partition coefficient (Wildman–Crippen LogP) is 2.12. The first kappa shape index (κ1) is 16.1. The number of carboxylic acids is 1. The monoisotopic (exact) mass is 288 g/mol. The van der Waals surface area contributed by atoms with Crippen molar-refractivity contribution in [3.05, 3.63) is 0 Å². The Labute approximate surface area is 119 Å². The largest absolute Gasteiger partial charge is 0.480 e. The number of carbonyl (C=O) groups excluding carboxylic acids is 1. The van der Waals surface area contributed by atoms with Crippen LogP contribution in [0.25, 0.3) is 0 Å². The van der Waals surface area contributed by atoms with Crippen molar-refractivity contribution in [3.63, 3.8) is 0 Å². The van der Waals surface area contributed by atoms with Crippen LogP contribution < -0.4 is 0 Å². The number of carbonyl (C=O) groups is 2. The van der Waals surface area contributed by atoms with E-state index in [0.717, 1.165) is 5.75 Å². The van der Waals surface area contributed by atoms with Gasteiger partial charge in [-0.1, -0.05) is 0 Å². The molecule has 0 unspecified atom stereocenters. The van der Waals surface area contributed by atoms with Crippen molar-refractivity contribution in [1.82, 2.24) is 9.80 Å². The molecule has 1 N–H and O–H groups in total. The summed E-state index contributed by atoms with van der Waals surface area (Å²) >= 11 is 1.85. The topological polar surface area (TPSA) is 60.9 Å². The van der Waals surface area contributed by atoms with Gasteiger partial charge in [0, 0.05) is 30.1 Å². The van der Waals surface area contributed by atoms with Gasteiger partial charge in [-0.3, -0.25) is 0 Å². The average Bonchev–Trinajstić information content (AvgIpc) is 2.27. The number of nitrogens with zero attached hydrogens (tertiary/aromatic N) is 2. The highest BCUT2D eigenvalue weighted by Crippen LogP contribution is 2.30. The lowest BCUT2D eigenvalue weighted by Gasteiger charge is -2.43. The van der Waals surface area contributed by atoms with Crippen LogP contribution in [-0.2, 0) is 4.79 Å². The van der Waals surface area contributed by atoms with E-state index in [0.29, 0.717) is 19.6 Å². The third-order valence-corrected chi connectivity index (χ3v) is 4.74. The number of aliphatic carboxylic acids is 1. The maximum absolute atomic E-state index is 12.5. The number of hydrogen-bond donors (Lipinski definition) is 1. The standard InChI is InChI=1S/C13H24N2O3S/c1-6-15(13(4,5)10(16)17)11(18)14-7-8-19-12(2,3)9-14/h6-9H2,1-5H3,(H,16,17). The van der Waals surface area contributed by atoms with Gasteiger partial charge in [0.2, 0.25) is 0 Å². The first-order chi connectivity index (χ1) is 8.62. The number of thioether (sulfide) groups is 1. The zero-order valence-corrected chi connectivity index (χ0v) is 13.2. The molecule has 1 aliphatic heterocycles. The fourth-order valence-electron chi connectivity index (χ4n) is 2.24. The lowest BCUT2D eigenvalue weighted by molar-refractivity contribution is -0.147. The molecule has 0 saturated carbocycles. The summed E-state index contributed by atoms with van der Waals surface area (Å²) in [6, 6.07) is -0.178. The van der Waals surface area contributed by atoms with E-state index < -0.39 is 11.5 Å². The van der Waals surface area contributed by atoms with Gasteiger partial charge in [0.15, 0.2) is 0 Å². The normalized spacial score (nSPS) is 19.1. The highest BCUT2D eigenvalue weighted by molar-refractivity contribution is 8.00. The second kappa shape index (κ2) is 5.61. The Morgan fingerprint density at radius 3 is 2.42 bits per heavy atom. The van der Waals surface area contributed by atoms with Gasteiger partial charge in [0.25, 0.3) is 0 Å². The fraction of sp³-hybridized carbons (Fsp3) is 0.846. The van der Waals surface area contributed by atoms with Gasteiger partial charge in [-0.25, -0.2) is 9.59 Å². The number of amides is 2. The van der Waals surface area contributed by atoms with Gasteiger partial charge in [0.1, 0.15) is 5.54 Å². The van der Waals surface area contributed by atoms with E-state index in [-0.39, 0.29) is 10.8 Å². The molecule has 0 aliphatic carbocycles. The molecule has 1 saturated heterocycles. The fourth-order valence-corrected chi connectivity index (χ4v) is 3.35. The van der Waals surface area contributed by atoms with E-state index in [4.69, 9.17) is 0 Å². The van der Waals surface area contributed by atoms with Crippen LogP contribution in [0.5, 0.6) is 0 Å². The molecular weight excluding hydrogens is 264 g/mol. The van der Waals surface area contributed by atoms with Crippen molar-refractivity contribution in [3.8, 4) is 0 Å². The average molecular weight is 288 g/mol. The Kier molecular flexibility index (Phi) is 4.76. The van der Waals surface area contributed by atoms with Crippen molar-refractivity contribution in [2.45, 2.75) is 44.9 Å². The summed E-state index contributed by atoms with van der Waals surface area (Å²) in [7, 11) is 0. The number of carboxylic acid groups (broad SMARTS) is 1. The number of rotatable bonds is 3. The summed E-state index contributed by atoms with van der Waals surface area (Å²) < 4.78 is 0.0285. The second-order valence-corrected chi connectivity index (χ2v) is 7.72. The van der Waals surface area contributed by atoms with Crippen LogP contribution in [0.15, 0.2) is 0 Å². The van der Waals surface area contributed by atoms with Crippen LogP contribution in [0, 0.1) is 0 Å². The Hall–Kier alpha value is -0.910. The Bertz CT molecular complexity index is 369. The maximum Gasteiger partial charge on any atom is 0.329 e. The third-order valence-electron chi connectivity index (χ3n) is 3.44. The summed E-state index contributed by atoms with van der Waals surface area (Å²) in [5, 5.41) is 9.28. The van der Waals surface area contributed by atoms with E-state index in [1.807, 2.05) is 18.7 Å². The highest BCUT2D eigenvalue weighted by Gasteiger charge is 2.40. The van der Waals surface area contributed by atoms with Crippen LogP contribution in [-0.4, -0.2) is 62.6 Å². The molecule has 110 valence electrons. The van der Waals surface area contributed by atoms with E-state index in [1.54, 1.807) is 18.7 Å². The number of urea groups is 1. The molecule has 1 rings (SSSR count). The quantitative estimate of drug-likeness (QED) is 0.864. The van der Waals surface area contributed by atoms with Crippen LogP contribution in [0.1, 0.15) is 34.6 Å². The molecule has 0 bridgehead atoms. The molecule has 6 heteroatoms. The van der Waals surface area contributed by atoms with Crippen molar-refractivity contribution in [2.75, 3.05) is 25.4 Å². The summed E-state index contributed by atoms with van der Waals surface area (Å²) in [6.45, 7) is 10.9. The minimum Gasteiger partial charge on any atom is -0.480 e. The molecule has 0 aromatic rings. The van der Waals surface area contributed by atoms with E-state index >= 15 is 0 Å². The van der Waals surface area contributed by atoms with Crippen LogP contribution in [0.4, 0.5) is 4.79 Å². The summed E-state index contributed by atoms with van der Waals surface area (Å²) in [6.07, 6.45) is 0. The van der Waals surface area contributed by atoms with Gasteiger partial charge in [-0.05, 0) is 34.6 Å². The summed E-state index contributed by atoms with van der Waals surface area (Å²) in [5.41, 5.74) is -1.18. The van der Waals surface area contributed by atoms with Gasteiger partial charge in [0.05, 0.1) is 0 Å². The molecule has 0 spiro atoms. The smallest absolute Gasteiger partial charge is 0.329 e. The molecule has 5 nitrogen and oxygen atoms in total. The molecule has 1 fully saturated rings. The Balaban J connectivity index is 2.88. The Morgan fingerprint density at radius 1 is 1.42 bits per heavy atom. The molecule has 1 aliphatic rings. The van der Waals surface area contributed by atoms with Gasteiger partial charge in [-0.2, -0.15) is 11.8 Å². The van der Waals surface area contributed by atoms with E-state index in [1.165, 1.54) is 4.90 Å². The molecule has 1 heterocycles. The SMILES string of the molecule is CCN(C(=O)N1CCSC(C)(C)C1)C(C)(C)C(=O)O. The van der Waals surface area contributed by atoms with Crippen molar-refractivity contribution in [1.29, 1.82) is 0 Å². The zero-order chi connectivity index (χ0) is 14.8. The summed E-state index contributed by atoms with van der Waals surface area (Å²) in [4.78, 5) is 27.1. The zero-order valence-electron chi connectivity index (χ0n) is 12.4. The lowest BCUT2D eigenvalue weighted by atomic mass is 10.0. The van der Waals surface area contributed by atoms with Gasteiger partial charge in [-0.15, -0.1) is 0 Å². The molecular formula is C13H24N2O3S. The minimum absolute atomic E-state index is 0.0285. The predicted molar refractivity (Wildman–Crippen MR) is 77.6 cm³/mol. The summed E-state index contributed by atoms with van der Waals surface area (Å²) in [5.74, 6) is -0.0857. The lowest BCUT2D eigenvalue weighted by Crippen LogP contribution is -2.59. The van der Waals surface area contributed by atoms with Crippen LogP contribution in [0.3, 0.4) is 0 Å². The molecule has 0 aromatic carbocycles. The highest BCUT2D eigenvalue weighted by atomic mass is 32.2. The van der Waals surface area contributed by atoms with E-state index in [2.05, 4.69) is 13.8 Å². The number of likely N-dealkylation sites (N-methyl/N-ethyl adjacent to an activating group) is 1. The molecule has 2 amide bonds. The maximum atomic E-state index is 12.5. The van der Waals surface area contributed by atoms with Crippen molar-refractivity contribution >= 4 is 23.8 Å². The van der Waals surface area contributed by atoms with E-state index in [9.17, 15) is 14.7 Å². The second-order valence-electron chi connectivity index (χ2n) is 5.92. The first-order valence-corrected chi connectivity index (χ1v) is 7.54. The van der Waals surface area contributed by atoms with Gasteiger partial charge >= 0.3 is 12.0 Å². The Morgan fingerprint density at radius 2 is 2.00 bits per heavy atom. The molecule has 0 aromatic heterocycles. The van der Waals surface area contributed by atoms with Gasteiger partial charge < -0.3 is 14.9 Å². The molecule has 0 atom stereocenters. The first-order valence-electron chi connectivity index (χ1n) is 6.55. The van der Waals surface area contributed by atoms with Crippen molar-refractivity contribution in [2.24, 2.45) is 0 Å². The molecule has 0 radical (unpaired) electrons. The third kappa shape index (κ3) is 3.55. The van der Waals surface area contributed by atoms with Crippen LogP contribution >= 0.6 is 11.8 Å². The number of hydrogen-bond acceptors (Lipinski definition) is 3. The molecule has 19 heavy (non-hydrogen) atoms.